The number of carbonyl (C=O) groups is 1. The average molecular weight is 338 g/mol. The Bertz CT molecular complexity index is 415. The Kier molecular flexibility index (Phi) is 6.17. The van der Waals surface area contributed by atoms with Crippen molar-refractivity contribution in [2.45, 2.75) is 81.9 Å². The molecule has 0 radical (unpaired) electrons. The predicted molar refractivity (Wildman–Crippen MR) is 95.9 cm³/mol. The van der Waals surface area contributed by atoms with Crippen LogP contribution in [0.25, 0.3) is 0 Å². The minimum Gasteiger partial charge on any atom is -0.380 e. The predicted octanol–water partition coefficient (Wildman–Crippen LogP) is 1.75. The van der Waals surface area contributed by atoms with E-state index in [9.17, 15) is 9.90 Å². The van der Waals surface area contributed by atoms with Gasteiger partial charge in [-0.25, -0.2) is 0 Å². The SMILES string of the molecule is CN1CCC(O)(C(=O)NCCC2CCCCN2C2CCCC2)CC1. The van der Waals surface area contributed by atoms with Gasteiger partial charge in [0.15, 0.2) is 0 Å². The molecule has 0 spiro atoms. The normalized spacial score (nSPS) is 29.7. The lowest BCUT2D eigenvalue weighted by Gasteiger charge is -2.40. The molecule has 2 aliphatic heterocycles. The first-order valence-corrected chi connectivity index (χ1v) is 10.0. The molecule has 1 saturated carbocycles. The van der Waals surface area contributed by atoms with Crippen LogP contribution in [-0.2, 0) is 4.79 Å². The third-order valence-corrected chi connectivity index (χ3v) is 6.47. The largest absolute Gasteiger partial charge is 0.380 e. The summed E-state index contributed by atoms with van der Waals surface area (Å²) in [6.07, 6.45) is 11.5. The van der Waals surface area contributed by atoms with Crippen molar-refractivity contribution in [1.82, 2.24) is 15.1 Å². The number of likely N-dealkylation sites (tertiary alicyclic amines) is 2. The van der Waals surface area contributed by atoms with Gasteiger partial charge < -0.3 is 15.3 Å². The number of nitrogens with one attached hydrogen (secondary N) is 1. The van der Waals surface area contributed by atoms with Crippen LogP contribution in [0.1, 0.15) is 64.2 Å². The van der Waals surface area contributed by atoms with E-state index >= 15 is 0 Å². The first-order valence-electron chi connectivity index (χ1n) is 10.0. The summed E-state index contributed by atoms with van der Waals surface area (Å²) in [4.78, 5) is 17.3. The van der Waals surface area contributed by atoms with Crippen molar-refractivity contribution in [1.29, 1.82) is 0 Å². The molecule has 2 saturated heterocycles. The maximum atomic E-state index is 12.4. The summed E-state index contributed by atoms with van der Waals surface area (Å²) < 4.78 is 0. The van der Waals surface area contributed by atoms with Gasteiger partial charge in [-0.05, 0) is 58.5 Å². The Labute approximate surface area is 146 Å². The Morgan fingerprint density at radius 2 is 1.75 bits per heavy atom. The molecule has 0 aromatic carbocycles. The lowest BCUT2D eigenvalue weighted by molar-refractivity contribution is -0.144. The van der Waals surface area contributed by atoms with Crippen LogP contribution in [0.15, 0.2) is 0 Å². The van der Waals surface area contributed by atoms with Gasteiger partial charge in [-0.15, -0.1) is 0 Å². The zero-order chi connectivity index (χ0) is 17.0. The van der Waals surface area contributed by atoms with E-state index in [1.807, 2.05) is 7.05 Å². The summed E-state index contributed by atoms with van der Waals surface area (Å²) in [5, 5.41) is 13.6. The topological polar surface area (TPSA) is 55.8 Å². The molecule has 1 aliphatic carbocycles. The quantitative estimate of drug-likeness (QED) is 0.802. The van der Waals surface area contributed by atoms with Crippen molar-refractivity contribution in [3.8, 4) is 0 Å². The number of hydrogen-bond acceptors (Lipinski definition) is 4. The highest BCUT2D eigenvalue weighted by Crippen LogP contribution is 2.30. The highest BCUT2D eigenvalue weighted by molar-refractivity contribution is 5.85. The number of amides is 1. The summed E-state index contributed by atoms with van der Waals surface area (Å²) in [6, 6.07) is 1.40. The smallest absolute Gasteiger partial charge is 0.252 e. The monoisotopic (exact) mass is 337 g/mol. The van der Waals surface area contributed by atoms with Gasteiger partial charge in [0, 0.05) is 31.7 Å². The number of carbonyl (C=O) groups excluding carboxylic acids is 1. The maximum Gasteiger partial charge on any atom is 0.252 e. The number of hydrogen-bond donors (Lipinski definition) is 2. The van der Waals surface area contributed by atoms with Gasteiger partial charge in [0.1, 0.15) is 5.60 Å². The molecule has 3 aliphatic rings. The van der Waals surface area contributed by atoms with Crippen LogP contribution in [-0.4, -0.2) is 71.7 Å². The molecule has 0 aromatic heterocycles. The fourth-order valence-electron chi connectivity index (χ4n) is 4.78. The zero-order valence-electron chi connectivity index (χ0n) is 15.3. The van der Waals surface area contributed by atoms with Gasteiger partial charge in [0.2, 0.25) is 0 Å². The average Bonchev–Trinajstić information content (AvgIpc) is 3.12. The maximum absolute atomic E-state index is 12.4. The van der Waals surface area contributed by atoms with E-state index in [0.29, 0.717) is 25.4 Å². The fourth-order valence-corrected chi connectivity index (χ4v) is 4.78. The van der Waals surface area contributed by atoms with Crippen molar-refractivity contribution in [3.63, 3.8) is 0 Å². The molecule has 1 amide bonds. The van der Waals surface area contributed by atoms with Crippen LogP contribution in [0.4, 0.5) is 0 Å². The van der Waals surface area contributed by atoms with Crippen LogP contribution >= 0.6 is 0 Å². The molecule has 5 heteroatoms. The second kappa shape index (κ2) is 8.15. The Hall–Kier alpha value is -0.650. The lowest BCUT2D eigenvalue weighted by Crippen LogP contribution is -2.54. The van der Waals surface area contributed by atoms with Gasteiger partial charge in [-0.2, -0.15) is 0 Å². The van der Waals surface area contributed by atoms with Crippen molar-refractivity contribution in [2.75, 3.05) is 33.2 Å². The number of aliphatic hydroxyl groups is 1. The Balaban J connectivity index is 1.45. The molecule has 1 atom stereocenters. The van der Waals surface area contributed by atoms with E-state index in [1.54, 1.807) is 0 Å². The van der Waals surface area contributed by atoms with Crippen LogP contribution in [0, 0.1) is 0 Å². The molecule has 2 heterocycles. The van der Waals surface area contributed by atoms with E-state index < -0.39 is 5.60 Å². The molecular weight excluding hydrogens is 302 g/mol. The van der Waals surface area contributed by atoms with Crippen LogP contribution < -0.4 is 5.32 Å². The summed E-state index contributed by atoms with van der Waals surface area (Å²) in [7, 11) is 2.04. The van der Waals surface area contributed by atoms with Crippen LogP contribution in [0.3, 0.4) is 0 Å². The molecular formula is C19H35N3O2. The van der Waals surface area contributed by atoms with E-state index in [0.717, 1.165) is 25.6 Å². The lowest BCUT2D eigenvalue weighted by atomic mass is 9.90. The Morgan fingerprint density at radius 1 is 1.08 bits per heavy atom. The summed E-state index contributed by atoms with van der Waals surface area (Å²) in [6.45, 7) is 3.52. The minimum atomic E-state index is -1.15. The zero-order valence-corrected chi connectivity index (χ0v) is 15.3. The first-order chi connectivity index (χ1) is 11.6. The molecule has 138 valence electrons. The van der Waals surface area contributed by atoms with Gasteiger partial charge in [-0.3, -0.25) is 9.69 Å². The van der Waals surface area contributed by atoms with Crippen molar-refractivity contribution in [2.24, 2.45) is 0 Å². The second-order valence-corrected chi connectivity index (χ2v) is 8.21. The molecule has 2 N–H and O–H groups in total. The highest BCUT2D eigenvalue weighted by atomic mass is 16.3. The van der Waals surface area contributed by atoms with E-state index in [-0.39, 0.29) is 5.91 Å². The van der Waals surface area contributed by atoms with E-state index in [4.69, 9.17) is 0 Å². The molecule has 3 rings (SSSR count). The molecule has 3 fully saturated rings. The van der Waals surface area contributed by atoms with Crippen molar-refractivity contribution >= 4 is 5.91 Å². The molecule has 0 aromatic rings. The third-order valence-electron chi connectivity index (χ3n) is 6.47. The second-order valence-electron chi connectivity index (χ2n) is 8.21. The molecule has 0 bridgehead atoms. The van der Waals surface area contributed by atoms with Gasteiger partial charge in [0.25, 0.3) is 5.91 Å². The van der Waals surface area contributed by atoms with Gasteiger partial charge >= 0.3 is 0 Å². The van der Waals surface area contributed by atoms with Crippen LogP contribution in [0.5, 0.6) is 0 Å². The minimum absolute atomic E-state index is 0.154. The number of nitrogens with zero attached hydrogens (tertiary/aromatic N) is 2. The summed E-state index contributed by atoms with van der Waals surface area (Å²) in [5.41, 5.74) is -1.15. The molecule has 24 heavy (non-hydrogen) atoms. The Morgan fingerprint density at radius 3 is 2.46 bits per heavy atom. The van der Waals surface area contributed by atoms with Gasteiger partial charge in [-0.1, -0.05) is 19.3 Å². The standard InChI is InChI=1S/C19H35N3O2/c1-21-14-10-19(24,11-15-21)18(23)20-12-9-17-8-4-5-13-22(17)16-6-2-3-7-16/h16-17,24H,2-15H2,1H3,(H,20,23). The van der Waals surface area contributed by atoms with E-state index in [1.165, 1.54) is 51.5 Å². The third kappa shape index (κ3) is 4.30. The first kappa shape index (κ1) is 18.2. The number of piperidine rings is 2. The summed E-state index contributed by atoms with van der Waals surface area (Å²) in [5.74, 6) is -0.154. The van der Waals surface area contributed by atoms with Crippen molar-refractivity contribution in [3.05, 3.63) is 0 Å². The summed E-state index contributed by atoms with van der Waals surface area (Å²) >= 11 is 0. The highest BCUT2D eigenvalue weighted by Gasteiger charge is 2.38. The van der Waals surface area contributed by atoms with Crippen LogP contribution in [0.2, 0.25) is 0 Å². The van der Waals surface area contributed by atoms with Crippen molar-refractivity contribution < 1.29 is 9.90 Å². The molecule has 5 nitrogen and oxygen atoms in total. The fraction of sp³-hybridized carbons (Fsp3) is 0.947. The van der Waals surface area contributed by atoms with E-state index in [2.05, 4.69) is 15.1 Å². The van der Waals surface area contributed by atoms with Gasteiger partial charge in [0.05, 0.1) is 0 Å². The number of rotatable bonds is 5. The molecule has 1 unspecified atom stereocenters.